The van der Waals surface area contributed by atoms with Crippen LogP contribution in [0.3, 0.4) is 0 Å². The largest absolute Gasteiger partial charge is 0.508 e. The summed E-state index contributed by atoms with van der Waals surface area (Å²) in [6.07, 6.45) is 0. The Morgan fingerprint density at radius 2 is 1.62 bits per heavy atom. The smallest absolute Gasteiger partial charge is 0.115 e. The predicted octanol–water partition coefficient (Wildman–Crippen LogP) is 1.64. The fraction of sp³-hybridized carbons (Fsp3) is 0.455. The van der Waals surface area contributed by atoms with Gasteiger partial charge in [-0.25, -0.2) is 0 Å². The van der Waals surface area contributed by atoms with E-state index in [0.29, 0.717) is 5.75 Å². The topological polar surface area (TPSA) is 35.5 Å². The normalized spacial score (nSPS) is 16.0. The molecule has 2 N–H and O–H groups in total. The van der Waals surface area contributed by atoms with Crippen LogP contribution in [0, 0.1) is 0 Å². The molecule has 1 aliphatic rings. The summed E-state index contributed by atoms with van der Waals surface area (Å²) in [7, 11) is 0. The number of phenolic OH excluding ortho intramolecular Hbond substituents is 1. The maximum absolute atomic E-state index is 9.14. The molecular formula is C11H18Cl2N2O. The van der Waals surface area contributed by atoms with Gasteiger partial charge in [-0.3, -0.25) is 4.90 Å². The van der Waals surface area contributed by atoms with Crippen LogP contribution in [0.4, 0.5) is 0 Å². The number of hydrogen-bond acceptors (Lipinski definition) is 3. The van der Waals surface area contributed by atoms with Crippen molar-refractivity contribution in [3.63, 3.8) is 0 Å². The van der Waals surface area contributed by atoms with Gasteiger partial charge in [-0.1, -0.05) is 12.1 Å². The molecule has 3 nitrogen and oxygen atoms in total. The summed E-state index contributed by atoms with van der Waals surface area (Å²) < 4.78 is 0. The molecule has 0 aliphatic carbocycles. The van der Waals surface area contributed by atoms with Gasteiger partial charge in [-0.05, 0) is 17.7 Å². The molecule has 0 spiro atoms. The van der Waals surface area contributed by atoms with Crippen molar-refractivity contribution in [3.8, 4) is 5.75 Å². The zero-order valence-electron chi connectivity index (χ0n) is 9.06. The van der Waals surface area contributed by atoms with Gasteiger partial charge in [0.05, 0.1) is 0 Å². The summed E-state index contributed by atoms with van der Waals surface area (Å²) in [5.41, 5.74) is 1.27. The third kappa shape index (κ3) is 4.58. The number of aromatic hydroxyl groups is 1. The van der Waals surface area contributed by atoms with Crippen LogP contribution in [0.5, 0.6) is 5.75 Å². The molecule has 0 bridgehead atoms. The molecule has 1 heterocycles. The van der Waals surface area contributed by atoms with Crippen molar-refractivity contribution >= 4 is 24.8 Å². The van der Waals surface area contributed by atoms with E-state index in [-0.39, 0.29) is 24.8 Å². The number of nitrogens with one attached hydrogen (secondary N) is 1. The molecule has 0 radical (unpaired) electrons. The van der Waals surface area contributed by atoms with E-state index in [2.05, 4.69) is 10.2 Å². The average Bonchev–Trinajstić information content (AvgIpc) is 2.23. The van der Waals surface area contributed by atoms with Crippen LogP contribution in [-0.4, -0.2) is 36.2 Å². The van der Waals surface area contributed by atoms with E-state index in [9.17, 15) is 0 Å². The van der Waals surface area contributed by atoms with E-state index in [1.165, 1.54) is 5.56 Å². The zero-order valence-corrected chi connectivity index (χ0v) is 10.7. The van der Waals surface area contributed by atoms with E-state index in [0.717, 1.165) is 32.7 Å². The maximum Gasteiger partial charge on any atom is 0.115 e. The second-order valence-corrected chi connectivity index (χ2v) is 3.69. The lowest BCUT2D eigenvalue weighted by molar-refractivity contribution is 0.233. The minimum absolute atomic E-state index is 0. The van der Waals surface area contributed by atoms with Crippen LogP contribution < -0.4 is 5.32 Å². The Morgan fingerprint density at radius 3 is 2.19 bits per heavy atom. The van der Waals surface area contributed by atoms with E-state index >= 15 is 0 Å². The molecule has 0 unspecified atom stereocenters. The standard InChI is InChI=1S/C11H16N2O.2ClH/c14-11-3-1-10(2-4-11)9-13-7-5-12-6-8-13;;/h1-4,12,14H,5-9H2;2*1H. The van der Waals surface area contributed by atoms with Crippen LogP contribution in [0.2, 0.25) is 0 Å². The molecule has 0 amide bonds. The van der Waals surface area contributed by atoms with Gasteiger partial charge in [0, 0.05) is 32.7 Å². The van der Waals surface area contributed by atoms with Crippen LogP contribution in [-0.2, 0) is 6.54 Å². The van der Waals surface area contributed by atoms with Crippen LogP contribution in [0.15, 0.2) is 24.3 Å². The fourth-order valence-electron chi connectivity index (χ4n) is 1.73. The Balaban J connectivity index is 0.00000112. The van der Waals surface area contributed by atoms with Crippen molar-refractivity contribution in [2.45, 2.75) is 6.54 Å². The molecule has 92 valence electrons. The monoisotopic (exact) mass is 264 g/mol. The second-order valence-electron chi connectivity index (χ2n) is 3.69. The van der Waals surface area contributed by atoms with Crippen molar-refractivity contribution in [1.82, 2.24) is 10.2 Å². The predicted molar refractivity (Wildman–Crippen MR) is 70.7 cm³/mol. The third-order valence-corrected chi connectivity index (χ3v) is 2.55. The van der Waals surface area contributed by atoms with E-state index in [1.54, 1.807) is 12.1 Å². The molecule has 0 atom stereocenters. The highest BCUT2D eigenvalue weighted by Crippen LogP contribution is 2.11. The summed E-state index contributed by atoms with van der Waals surface area (Å²) in [6.45, 7) is 5.37. The van der Waals surface area contributed by atoms with Crippen LogP contribution in [0.1, 0.15) is 5.56 Å². The molecule has 5 heteroatoms. The van der Waals surface area contributed by atoms with Crippen LogP contribution >= 0.6 is 24.8 Å². The lowest BCUT2D eigenvalue weighted by Gasteiger charge is -2.27. The first-order valence-corrected chi connectivity index (χ1v) is 5.05. The summed E-state index contributed by atoms with van der Waals surface area (Å²) in [5.74, 6) is 0.342. The molecule has 1 fully saturated rings. The summed E-state index contributed by atoms with van der Waals surface area (Å²) >= 11 is 0. The highest BCUT2D eigenvalue weighted by molar-refractivity contribution is 5.85. The number of hydrogen-bond donors (Lipinski definition) is 2. The number of halogens is 2. The number of piperazine rings is 1. The fourth-order valence-corrected chi connectivity index (χ4v) is 1.73. The van der Waals surface area contributed by atoms with Gasteiger partial charge in [0.15, 0.2) is 0 Å². The van der Waals surface area contributed by atoms with E-state index in [1.807, 2.05) is 12.1 Å². The van der Waals surface area contributed by atoms with E-state index < -0.39 is 0 Å². The molecule has 16 heavy (non-hydrogen) atoms. The highest BCUT2D eigenvalue weighted by atomic mass is 35.5. The molecule has 2 rings (SSSR count). The Labute approximate surface area is 109 Å². The molecule has 1 aromatic rings. The molecule has 1 saturated heterocycles. The Kier molecular flexibility index (Phi) is 7.51. The van der Waals surface area contributed by atoms with Gasteiger partial charge in [0.25, 0.3) is 0 Å². The molecule has 1 aliphatic heterocycles. The molecule has 1 aromatic carbocycles. The molecular weight excluding hydrogens is 247 g/mol. The van der Waals surface area contributed by atoms with Crippen LogP contribution in [0.25, 0.3) is 0 Å². The lowest BCUT2D eigenvalue weighted by Crippen LogP contribution is -2.42. The quantitative estimate of drug-likeness (QED) is 0.853. The number of phenols is 1. The Bertz CT molecular complexity index is 287. The van der Waals surface area contributed by atoms with Crippen molar-refractivity contribution in [3.05, 3.63) is 29.8 Å². The minimum atomic E-state index is 0. The van der Waals surface area contributed by atoms with Gasteiger partial charge in [-0.2, -0.15) is 0 Å². The van der Waals surface area contributed by atoms with Crippen molar-refractivity contribution in [2.75, 3.05) is 26.2 Å². The number of benzene rings is 1. The third-order valence-electron chi connectivity index (χ3n) is 2.55. The first-order valence-electron chi connectivity index (χ1n) is 5.05. The maximum atomic E-state index is 9.14. The first-order chi connectivity index (χ1) is 6.84. The van der Waals surface area contributed by atoms with Gasteiger partial charge >= 0.3 is 0 Å². The van der Waals surface area contributed by atoms with Gasteiger partial charge in [-0.15, -0.1) is 24.8 Å². The highest BCUT2D eigenvalue weighted by Gasteiger charge is 2.09. The average molecular weight is 265 g/mol. The van der Waals surface area contributed by atoms with E-state index in [4.69, 9.17) is 5.11 Å². The van der Waals surface area contributed by atoms with Gasteiger partial charge in [0.1, 0.15) is 5.75 Å². The zero-order chi connectivity index (χ0) is 9.80. The second kappa shape index (κ2) is 7.74. The summed E-state index contributed by atoms with van der Waals surface area (Å²) in [5, 5.41) is 12.5. The first kappa shape index (κ1) is 15.5. The number of nitrogens with zero attached hydrogens (tertiary/aromatic N) is 1. The van der Waals surface area contributed by atoms with Crippen molar-refractivity contribution in [2.24, 2.45) is 0 Å². The molecule has 0 aromatic heterocycles. The number of rotatable bonds is 2. The SMILES string of the molecule is Cl.Cl.Oc1ccc(CN2CCNCC2)cc1. The Hall–Kier alpha value is -0.480. The van der Waals surface area contributed by atoms with Crippen molar-refractivity contribution < 1.29 is 5.11 Å². The summed E-state index contributed by atoms with van der Waals surface area (Å²) in [4.78, 5) is 2.42. The summed E-state index contributed by atoms with van der Waals surface area (Å²) in [6, 6.07) is 7.46. The van der Waals surface area contributed by atoms with Gasteiger partial charge in [0.2, 0.25) is 0 Å². The van der Waals surface area contributed by atoms with Crippen molar-refractivity contribution in [1.29, 1.82) is 0 Å². The lowest BCUT2D eigenvalue weighted by atomic mass is 10.2. The Morgan fingerprint density at radius 1 is 1.06 bits per heavy atom. The minimum Gasteiger partial charge on any atom is -0.508 e. The van der Waals surface area contributed by atoms with Gasteiger partial charge < -0.3 is 10.4 Å². The molecule has 0 saturated carbocycles.